The third-order valence-electron chi connectivity index (χ3n) is 4.44. The number of rotatable bonds is 4. The largest absolute Gasteiger partial charge is 0.507 e. The highest BCUT2D eigenvalue weighted by molar-refractivity contribution is 7.13. The second kappa shape index (κ2) is 7.13. The predicted octanol–water partition coefficient (Wildman–Crippen LogP) is 2.96. The molecule has 4 rings (SSSR count). The maximum atomic E-state index is 13.3. The number of Topliss-reactive ketones (excluding diaryl/α,β-unsaturated/α-hetero) is 1. The van der Waals surface area contributed by atoms with E-state index in [-0.39, 0.29) is 22.0 Å². The number of nitrogens with zero attached hydrogens (tertiary/aromatic N) is 4. The fourth-order valence-electron chi connectivity index (χ4n) is 3.06. The third kappa shape index (κ3) is 3.17. The Bertz CT molecular complexity index is 1110. The van der Waals surface area contributed by atoms with Gasteiger partial charge in [-0.15, -0.1) is 10.2 Å². The Kier molecular flexibility index (Phi) is 4.63. The van der Waals surface area contributed by atoms with E-state index in [4.69, 9.17) is 4.42 Å². The molecule has 3 aromatic rings. The average molecular weight is 414 g/mol. The highest BCUT2D eigenvalue weighted by Gasteiger charge is 2.49. The molecule has 1 aliphatic heterocycles. The second-order valence-corrected chi connectivity index (χ2v) is 7.28. The van der Waals surface area contributed by atoms with Crippen LogP contribution in [0.1, 0.15) is 17.4 Å². The van der Waals surface area contributed by atoms with Crippen molar-refractivity contribution in [2.45, 2.75) is 6.04 Å². The van der Waals surface area contributed by atoms with Gasteiger partial charge in [0.1, 0.15) is 28.9 Å². The van der Waals surface area contributed by atoms with E-state index >= 15 is 0 Å². The van der Waals surface area contributed by atoms with E-state index in [9.17, 15) is 19.1 Å². The van der Waals surface area contributed by atoms with Gasteiger partial charge in [0, 0.05) is 25.7 Å². The topological polar surface area (TPSA) is 99.8 Å². The van der Waals surface area contributed by atoms with Crippen LogP contribution in [0.25, 0.3) is 5.76 Å². The molecule has 148 valence electrons. The molecule has 0 aliphatic carbocycles. The first kappa shape index (κ1) is 18.8. The molecule has 0 bridgehead atoms. The summed E-state index contributed by atoms with van der Waals surface area (Å²) in [6.07, 6.45) is 0. The minimum absolute atomic E-state index is 0.170. The molecule has 10 heteroatoms. The Balaban J connectivity index is 1.91. The Morgan fingerprint density at radius 3 is 2.52 bits per heavy atom. The fourth-order valence-corrected chi connectivity index (χ4v) is 3.65. The number of amides is 1. The van der Waals surface area contributed by atoms with Gasteiger partial charge >= 0.3 is 5.91 Å². The molecule has 1 aliphatic rings. The van der Waals surface area contributed by atoms with Crippen LogP contribution in [0.3, 0.4) is 0 Å². The SMILES string of the molecule is CN(C)c1ccc(C2/C(=C(\O)c3ccc(F)cc3)C(=O)C(=O)N2c2nncs2)o1. The van der Waals surface area contributed by atoms with E-state index in [1.807, 2.05) is 0 Å². The van der Waals surface area contributed by atoms with Crippen LogP contribution in [-0.4, -0.2) is 41.1 Å². The smallest absolute Gasteiger partial charge is 0.302 e. The zero-order chi connectivity index (χ0) is 20.7. The van der Waals surface area contributed by atoms with Crippen molar-refractivity contribution in [3.05, 3.63) is 64.6 Å². The van der Waals surface area contributed by atoms with Crippen molar-refractivity contribution in [3.63, 3.8) is 0 Å². The van der Waals surface area contributed by atoms with Crippen LogP contribution in [0, 0.1) is 5.82 Å². The molecular weight excluding hydrogens is 399 g/mol. The summed E-state index contributed by atoms with van der Waals surface area (Å²) in [4.78, 5) is 28.5. The minimum atomic E-state index is -1.04. The van der Waals surface area contributed by atoms with Crippen molar-refractivity contribution in [2.24, 2.45) is 0 Å². The van der Waals surface area contributed by atoms with Gasteiger partial charge in [0.25, 0.3) is 5.78 Å². The first-order chi connectivity index (χ1) is 13.9. The van der Waals surface area contributed by atoms with E-state index in [1.165, 1.54) is 17.6 Å². The number of furan rings is 1. The Morgan fingerprint density at radius 2 is 1.93 bits per heavy atom. The van der Waals surface area contributed by atoms with Gasteiger partial charge in [0.2, 0.25) is 5.13 Å². The van der Waals surface area contributed by atoms with Crippen molar-refractivity contribution >= 4 is 39.8 Å². The van der Waals surface area contributed by atoms with Gasteiger partial charge in [-0.1, -0.05) is 11.3 Å². The number of benzene rings is 1. The summed E-state index contributed by atoms with van der Waals surface area (Å²) in [5.41, 5.74) is 1.46. The number of carbonyl (C=O) groups is 2. The Morgan fingerprint density at radius 1 is 1.21 bits per heavy atom. The number of ketones is 1. The quantitative estimate of drug-likeness (QED) is 0.398. The van der Waals surface area contributed by atoms with Gasteiger partial charge in [-0.25, -0.2) is 4.39 Å². The minimum Gasteiger partial charge on any atom is -0.507 e. The van der Waals surface area contributed by atoms with Gasteiger partial charge in [0.05, 0.1) is 5.57 Å². The van der Waals surface area contributed by atoms with Gasteiger partial charge in [0.15, 0.2) is 5.88 Å². The van der Waals surface area contributed by atoms with E-state index in [2.05, 4.69) is 10.2 Å². The Hall–Kier alpha value is -3.53. The predicted molar refractivity (Wildman–Crippen MR) is 104 cm³/mol. The molecule has 1 unspecified atom stereocenters. The number of anilines is 2. The molecule has 0 saturated carbocycles. The molecule has 1 aromatic carbocycles. The lowest BCUT2D eigenvalue weighted by atomic mass is 9.99. The lowest BCUT2D eigenvalue weighted by Gasteiger charge is -2.20. The summed E-state index contributed by atoms with van der Waals surface area (Å²) < 4.78 is 19.1. The summed E-state index contributed by atoms with van der Waals surface area (Å²) in [6.45, 7) is 0. The number of aromatic nitrogens is 2. The second-order valence-electron chi connectivity index (χ2n) is 6.47. The number of hydrogen-bond acceptors (Lipinski definition) is 8. The molecule has 8 nitrogen and oxygen atoms in total. The van der Waals surface area contributed by atoms with Gasteiger partial charge in [-0.3, -0.25) is 14.5 Å². The molecule has 1 amide bonds. The first-order valence-corrected chi connectivity index (χ1v) is 9.36. The monoisotopic (exact) mass is 414 g/mol. The van der Waals surface area contributed by atoms with E-state index < -0.39 is 29.3 Å². The summed E-state index contributed by atoms with van der Waals surface area (Å²) in [7, 11) is 3.56. The van der Waals surface area contributed by atoms with Crippen molar-refractivity contribution in [2.75, 3.05) is 23.9 Å². The number of carbonyl (C=O) groups excluding carboxylic acids is 2. The van der Waals surface area contributed by atoms with Crippen LogP contribution >= 0.6 is 11.3 Å². The molecule has 1 saturated heterocycles. The number of halogens is 1. The van der Waals surface area contributed by atoms with Crippen molar-refractivity contribution in [1.29, 1.82) is 0 Å². The highest BCUT2D eigenvalue weighted by atomic mass is 32.1. The van der Waals surface area contributed by atoms with Gasteiger partial charge in [-0.2, -0.15) is 0 Å². The van der Waals surface area contributed by atoms with Crippen molar-refractivity contribution in [1.82, 2.24) is 10.2 Å². The highest BCUT2D eigenvalue weighted by Crippen LogP contribution is 2.43. The van der Waals surface area contributed by atoms with Gasteiger partial charge in [-0.05, 0) is 30.3 Å². The van der Waals surface area contributed by atoms with Crippen LogP contribution in [0.4, 0.5) is 15.4 Å². The number of aliphatic hydroxyl groups excluding tert-OH is 1. The van der Waals surface area contributed by atoms with Crippen LogP contribution in [-0.2, 0) is 9.59 Å². The van der Waals surface area contributed by atoms with Crippen LogP contribution in [0.2, 0.25) is 0 Å². The third-order valence-corrected chi connectivity index (χ3v) is 5.13. The first-order valence-electron chi connectivity index (χ1n) is 8.48. The average Bonchev–Trinajstić information content (AvgIpc) is 3.43. The molecule has 0 spiro atoms. The van der Waals surface area contributed by atoms with Crippen LogP contribution in [0.5, 0.6) is 0 Å². The molecule has 0 radical (unpaired) electrons. The lowest BCUT2D eigenvalue weighted by molar-refractivity contribution is -0.132. The summed E-state index contributed by atoms with van der Waals surface area (Å²) in [5.74, 6) is -1.90. The van der Waals surface area contributed by atoms with E-state index in [1.54, 1.807) is 31.1 Å². The standard InChI is InChI=1S/C19H15FN4O4S/c1-23(2)13-8-7-12(28-13)15-14(16(25)10-3-5-11(20)6-4-10)17(26)18(27)24(15)19-22-21-9-29-19/h3-9,15,25H,1-2H3/b16-14+. The molecule has 1 atom stereocenters. The van der Waals surface area contributed by atoms with Crippen LogP contribution < -0.4 is 9.80 Å². The number of aliphatic hydroxyl groups is 1. The Labute approximate surface area is 168 Å². The zero-order valence-electron chi connectivity index (χ0n) is 15.4. The summed E-state index contributed by atoms with van der Waals surface area (Å²) in [5, 5.41) is 18.7. The van der Waals surface area contributed by atoms with Crippen molar-refractivity contribution in [3.8, 4) is 0 Å². The van der Waals surface area contributed by atoms with Gasteiger partial charge < -0.3 is 14.4 Å². The molecule has 1 fully saturated rings. The number of hydrogen-bond donors (Lipinski definition) is 1. The molecule has 29 heavy (non-hydrogen) atoms. The van der Waals surface area contributed by atoms with Crippen LogP contribution in [0.15, 0.2) is 51.9 Å². The fraction of sp³-hybridized carbons (Fsp3) is 0.158. The van der Waals surface area contributed by atoms with E-state index in [0.717, 1.165) is 28.4 Å². The lowest BCUT2D eigenvalue weighted by Crippen LogP contribution is -2.29. The molecule has 1 N–H and O–H groups in total. The summed E-state index contributed by atoms with van der Waals surface area (Å²) >= 11 is 1.07. The maximum absolute atomic E-state index is 13.3. The maximum Gasteiger partial charge on any atom is 0.302 e. The van der Waals surface area contributed by atoms with E-state index in [0.29, 0.717) is 5.88 Å². The van der Waals surface area contributed by atoms with Crippen molar-refractivity contribution < 1.29 is 23.5 Å². The zero-order valence-corrected chi connectivity index (χ0v) is 16.2. The molecule has 3 heterocycles. The summed E-state index contributed by atoms with van der Waals surface area (Å²) in [6, 6.07) is 7.23. The molecule has 2 aromatic heterocycles. The normalized spacial score (nSPS) is 18.4. The molecular formula is C19H15FN4O4S.